The summed E-state index contributed by atoms with van der Waals surface area (Å²) < 4.78 is 38.0. The fourth-order valence-corrected chi connectivity index (χ4v) is 3.73. The van der Waals surface area contributed by atoms with Crippen LogP contribution in [-0.4, -0.2) is 36.3 Å². The molecule has 0 radical (unpaired) electrons. The summed E-state index contributed by atoms with van der Waals surface area (Å²) in [6.45, 7) is 0.923. The summed E-state index contributed by atoms with van der Waals surface area (Å²) in [6, 6.07) is 14.3. The van der Waals surface area contributed by atoms with Crippen molar-refractivity contribution in [1.29, 1.82) is 0 Å². The van der Waals surface area contributed by atoms with Crippen molar-refractivity contribution in [3.05, 3.63) is 65.7 Å². The highest BCUT2D eigenvalue weighted by molar-refractivity contribution is 5.98. The van der Waals surface area contributed by atoms with E-state index in [9.17, 15) is 22.8 Å². The maximum absolute atomic E-state index is 12.7. The second-order valence-electron chi connectivity index (χ2n) is 7.21. The lowest BCUT2D eigenvalue weighted by atomic mass is 10.1. The van der Waals surface area contributed by atoms with Gasteiger partial charge in [-0.1, -0.05) is 30.3 Å². The minimum absolute atomic E-state index is 0.0317. The number of hydrogen-bond acceptors (Lipinski definition) is 2. The van der Waals surface area contributed by atoms with E-state index in [4.69, 9.17) is 0 Å². The molecule has 0 spiro atoms. The highest BCUT2D eigenvalue weighted by Gasteiger charge is 2.47. The molecule has 1 saturated heterocycles. The van der Waals surface area contributed by atoms with Gasteiger partial charge >= 0.3 is 6.18 Å². The van der Waals surface area contributed by atoms with Crippen molar-refractivity contribution in [2.24, 2.45) is 5.92 Å². The van der Waals surface area contributed by atoms with Gasteiger partial charge in [0.25, 0.3) is 0 Å². The Kier molecular flexibility index (Phi) is 4.61. The number of anilines is 1. The fourth-order valence-electron chi connectivity index (χ4n) is 3.73. The molecule has 4 rings (SSSR count). The Bertz CT molecular complexity index is 881. The molecular formula is C21H19F3N2O2. The third kappa shape index (κ3) is 3.61. The molecule has 2 amide bonds. The molecule has 4 nitrogen and oxygen atoms in total. The number of nitrogens with zero attached hydrogens (tertiary/aromatic N) is 2. The molecule has 2 unspecified atom stereocenters. The smallest absolute Gasteiger partial charge is 0.331 e. The van der Waals surface area contributed by atoms with E-state index in [0.717, 1.165) is 23.4 Å². The molecule has 7 heteroatoms. The molecule has 1 aliphatic carbocycles. The SMILES string of the molecule is O=C(C1CC1c1ccc(C(F)(F)F)cc1)N1CCN(c2ccccc2)C(=O)C1. The molecule has 0 bridgehead atoms. The molecule has 0 aromatic heterocycles. The van der Waals surface area contributed by atoms with E-state index in [0.29, 0.717) is 19.5 Å². The molecule has 0 N–H and O–H groups in total. The van der Waals surface area contributed by atoms with E-state index in [1.165, 1.54) is 12.1 Å². The normalized spacial score (nSPS) is 22.3. The van der Waals surface area contributed by atoms with Crippen LogP contribution < -0.4 is 4.90 Å². The first kappa shape index (κ1) is 18.5. The van der Waals surface area contributed by atoms with Gasteiger partial charge in [0.2, 0.25) is 11.8 Å². The van der Waals surface area contributed by atoms with E-state index in [1.807, 2.05) is 30.3 Å². The Labute approximate surface area is 160 Å². The second-order valence-corrected chi connectivity index (χ2v) is 7.21. The Hall–Kier alpha value is -2.83. The summed E-state index contributed by atoms with van der Waals surface area (Å²) in [5.41, 5.74) is 0.858. The van der Waals surface area contributed by atoms with Gasteiger partial charge in [0.05, 0.1) is 5.56 Å². The largest absolute Gasteiger partial charge is 0.416 e. The zero-order valence-electron chi connectivity index (χ0n) is 15.0. The zero-order valence-corrected chi connectivity index (χ0v) is 15.0. The number of amides is 2. The van der Waals surface area contributed by atoms with Crippen molar-refractivity contribution in [3.63, 3.8) is 0 Å². The first-order chi connectivity index (χ1) is 13.3. The molecule has 2 aromatic rings. The van der Waals surface area contributed by atoms with Crippen LogP contribution in [0, 0.1) is 5.92 Å². The predicted molar refractivity (Wildman–Crippen MR) is 97.7 cm³/mol. The summed E-state index contributed by atoms with van der Waals surface area (Å²) >= 11 is 0. The molecule has 28 heavy (non-hydrogen) atoms. The standard InChI is InChI=1S/C21H19F3N2O2/c22-21(23,24)15-8-6-14(7-9-15)17-12-18(17)20(28)25-10-11-26(19(27)13-25)16-4-2-1-3-5-16/h1-9,17-18H,10-13H2. The van der Waals surface area contributed by atoms with Crippen molar-refractivity contribution in [2.75, 3.05) is 24.5 Å². The molecule has 2 aliphatic rings. The highest BCUT2D eigenvalue weighted by Crippen LogP contribution is 2.49. The number of halogens is 3. The summed E-state index contributed by atoms with van der Waals surface area (Å²) in [5, 5.41) is 0. The topological polar surface area (TPSA) is 40.6 Å². The van der Waals surface area contributed by atoms with Crippen LogP contribution in [0.2, 0.25) is 0 Å². The molecule has 1 saturated carbocycles. The number of benzene rings is 2. The van der Waals surface area contributed by atoms with Gasteiger partial charge in [-0.05, 0) is 42.2 Å². The third-order valence-electron chi connectivity index (χ3n) is 5.37. The number of carbonyl (C=O) groups is 2. The van der Waals surface area contributed by atoms with Gasteiger partial charge in [0.15, 0.2) is 0 Å². The number of rotatable bonds is 3. The van der Waals surface area contributed by atoms with E-state index in [1.54, 1.807) is 9.80 Å². The highest BCUT2D eigenvalue weighted by atomic mass is 19.4. The van der Waals surface area contributed by atoms with Gasteiger partial charge in [-0.15, -0.1) is 0 Å². The number of piperazine rings is 1. The first-order valence-corrected chi connectivity index (χ1v) is 9.16. The van der Waals surface area contributed by atoms with E-state index >= 15 is 0 Å². The number of hydrogen-bond donors (Lipinski definition) is 0. The average Bonchev–Trinajstić information content (AvgIpc) is 3.48. The minimum atomic E-state index is -4.36. The lowest BCUT2D eigenvalue weighted by Crippen LogP contribution is -2.52. The monoisotopic (exact) mass is 388 g/mol. The summed E-state index contributed by atoms with van der Waals surface area (Å²) in [5.74, 6) is -0.548. The predicted octanol–water partition coefficient (Wildman–Crippen LogP) is 3.68. The first-order valence-electron chi connectivity index (χ1n) is 9.16. The van der Waals surface area contributed by atoms with E-state index in [-0.39, 0.29) is 30.2 Å². The van der Waals surface area contributed by atoms with Crippen LogP contribution in [0.1, 0.15) is 23.5 Å². The van der Waals surface area contributed by atoms with E-state index in [2.05, 4.69) is 0 Å². The van der Waals surface area contributed by atoms with Crippen molar-refractivity contribution in [2.45, 2.75) is 18.5 Å². The molecule has 1 heterocycles. The average molecular weight is 388 g/mol. The van der Waals surface area contributed by atoms with Crippen LogP contribution in [0.15, 0.2) is 54.6 Å². The molecule has 2 aromatic carbocycles. The van der Waals surface area contributed by atoms with Gasteiger partial charge in [-0.25, -0.2) is 0 Å². The Morgan fingerprint density at radius 2 is 1.64 bits per heavy atom. The van der Waals surface area contributed by atoms with Crippen molar-refractivity contribution in [1.82, 2.24) is 4.90 Å². The Balaban J connectivity index is 1.37. The molecule has 1 aliphatic heterocycles. The Morgan fingerprint density at radius 3 is 2.25 bits per heavy atom. The van der Waals surface area contributed by atoms with Crippen LogP contribution in [0.25, 0.3) is 0 Å². The number of para-hydroxylation sites is 1. The summed E-state index contributed by atoms with van der Waals surface area (Å²) in [7, 11) is 0. The van der Waals surface area contributed by atoms with Gasteiger partial charge in [0.1, 0.15) is 6.54 Å². The fraction of sp³-hybridized carbons (Fsp3) is 0.333. The van der Waals surface area contributed by atoms with Crippen molar-refractivity contribution >= 4 is 17.5 Å². The lowest BCUT2D eigenvalue weighted by molar-refractivity contribution is -0.138. The molecular weight excluding hydrogens is 369 g/mol. The van der Waals surface area contributed by atoms with Gasteiger partial charge < -0.3 is 9.80 Å². The van der Waals surface area contributed by atoms with Crippen LogP contribution in [0.5, 0.6) is 0 Å². The van der Waals surface area contributed by atoms with Gasteiger partial charge in [-0.3, -0.25) is 9.59 Å². The lowest BCUT2D eigenvalue weighted by Gasteiger charge is -2.34. The summed E-state index contributed by atoms with van der Waals surface area (Å²) in [4.78, 5) is 28.4. The van der Waals surface area contributed by atoms with Crippen LogP contribution in [-0.2, 0) is 15.8 Å². The molecule has 2 atom stereocenters. The number of carbonyl (C=O) groups excluding carboxylic acids is 2. The minimum Gasteiger partial charge on any atom is -0.331 e. The maximum atomic E-state index is 12.7. The quantitative estimate of drug-likeness (QED) is 0.805. The summed E-state index contributed by atoms with van der Waals surface area (Å²) in [6.07, 6.45) is -3.76. The van der Waals surface area contributed by atoms with Crippen LogP contribution in [0.4, 0.5) is 18.9 Å². The Morgan fingerprint density at radius 1 is 0.964 bits per heavy atom. The second kappa shape index (κ2) is 6.96. The molecule has 2 fully saturated rings. The maximum Gasteiger partial charge on any atom is 0.416 e. The zero-order chi connectivity index (χ0) is 19.9. The van der Waals surface area contributed by atoms with Crippen molar-refractivity contribution < 1.29 is 22.8 Å². The van der Waals surface area contributed by atoms with Gasteiger partial charge in [0, 0.05) is 24.7 Å². The number of alkyl halides is 3. The van der Waals surface area contributed by atoms with Crippen LogP contribution >= 0.6 is 0 Å². The van der Waals surface area contributed by atoms with Gasteiger partial charge in [-0.2, -0.15) is 13.2 Å². The third-order valence-corrected chi connectivity index (χ3v) is 5.37. The van der Waals surface area contributed by atoms with Crippen LogP contribution in [0.3, 0.4) is 0 Å². The molecule has 146 valence electrons. The van der Waals surface area contributed by atoms with E-state index < -0.39 is 11.7 Å². The van der Waals surface area contributed by atoms with Crippen molar-refractivity contribution in [3.8, 4) is 0 Å².